The second-order valence-electron chi connectivity index (χ2n) is 4.97. The lowest BCUT2D eigenvalue weighted by Gasteiger charge is -2.14. The Morgan fingerprint density at radius 3 is 2.30 bits per heavy atom. The standard InChI is InChI=1S/C16H13NO3/c1-9-3-6-12-13(7-9)16(20)17(15(12)19)11-5-4-10(2)14(18)8-11/h3-8,18H,1-2H3. The zero-order chi connectivity index (χ0) is 14.4. The highest BCUT2D eigenvalue weighted by molar-refractivity contribution is 6.34. The zero-order valence-electron chi connectivity index (χ0n) is 11.2. The van der Waals surface area contributed by atoms with Crippen molar-refractivity contribution in [3.8, 4) is 5.75 Å². The van der Waals surface area contributed by atoms with Crippen LogP contribution in [-0.4, -0.2) is 16.9 Å². The number of amides is 2. The van der Waals surface area contributed by atoms with Crippen molar-refractivity contribution in [3.63, 3.8) is 0 Å². The van der Waals surface area contributed by atoms with Crippen LogP contribution in [0.5, 0.6) is 5.75 Å². The van der Waals surface area contributed by atoms with Gasteiger partial charge >= 0.3 is 0 Å². The van der Waals surface area contributed by atoms with Crippen LogP contribution in [0.15, 0.2) is 36.4 Å². The fourth-order valence-electron chi connectivity index (χ4n) is 2.33. The Balaban J connectivity index is 2.11. The number of imide groups is 1. The van der Waals surface area contributed by atoms with Crippen molar-refractivity contribution >= 4 is 17.5 Å². The van der Waals surface area contributed by atoms with Crippen LogP contribution in [0.2, 0.25) is 0 Å². The molecule has 1 aliphatic heterocycles. The van der Waals surface area contributed by atoms with Gasteiger partial charge in [0, 0.05) is 6.07 Å². The Hall–Kier alpha value is -2.62. The van der Waals surface area contributed by atoms with Crippen molar-refractivity contribution in [1.29, 1.82) is 0 Å². The molecule has 1 N–H and O–H groups in total. The number of hydrogen-bond acceptors (Lipinski definition) is 3. The van der Waals surface area contributed by atoms with Crippen LogP contribution in [-0.2, 0) is 0 Å². The van der Waals surface area contributed by atoms with Gasteiger partial charge in [0.05, 0.1) is 16.8 Å². The first-order valence-electron chi connectivity index (χ1n) is 6.28. The van der Waals surface area contributed by atoms with Crippen LogP contribution in [0.3, 0.4) is 0 Å². The van der Waals surface area contributed by atoms with Crippen LogP contribution in [0.25, 0.3) is 0 Å². The molecule has 0 aliphatic carbocycles. The van der Waals surface area contributed by atoms with E-state index in [0.29, 0.717) is 22.4 Å². The zero-order valence-corrected chi connectivity index (χ0v) is 11.2. The molecule has 4 nitrogen and oxygen atoms in total. The molecule has 1 heterocycles. The summed E-state index contributed by atoms with van der Waals surface area (Å²) in [5, 5.41) is 9.74. The van der Waals surface area contributed by atoms with Crippen molar-refractivity contribution in [1.82, 2.24) is 0 Å². The Labute approximate surface area is 116 Å². The number of nitrogens with zero attached hydrogens (tertiary/aromatic N) is 1. The highest BCUT2D eigenvalue weighted by Crippen LogP contribution is 2.31. The lowest BCUT2D eigenvalue weighted by atomic mass is 10.1. The van der Waals surface area contributed by atoms with Gasteiger partial charge in [0.15, 0.2) is 0 Å². The minimum absolute atomic E-state index is 0.0650. The quantitative estimate of drug-likeness (QED) is 0.808. The first kappa shape index (κ1) is 12.4. The molecule has 0 atom stereocenters. The molecular weight excluding hydrogens is 254 g/mol. The van der Waals surface area contributed by atoms with Crippen molar-refractivity contribution in [2.75, 3.05) is 4.90 Å². The lowest BCUT2D eigenvalue weighted by molar-refractivity contribution is 0.0926. The van der Waals surface area contributed by atoms with E-state index in [9.17, 15) is 14.7 Å². The molecule has 0 saturated heterocycles. The summed E-state index contributed by atoms with van der Waals surface area (Å²) in [5.41, 5.74) is 2.83. The summed E-state index contributed by atoms with van der Waals surface area (Å²) in [5.74, 6) is -0.638. The van der Waals surface area contributed by atoms with Crippen LogP contribution in [0.4, 0.5) is 5.69 Å². The third kappa shape index (κ3) is 1.69. The predicted octanol–water partition coefficient (Wildman–Crippen LogP) is 2.81. The SMILES string of the molecule is Cc1ccc2c(c1)C(=O)N(c1ccc(C)c(O)c1)C2=O. The van der Waals surface area contributed by atoms with E-state index in [1.54, 1.807) is 37.3 Å². The molecule has 4 heteroatoms. The Morgan fingerprint density at radius 1 is 0.900 bits per heavy atom. The van der Waals surface area contributed by atoms with Crippen molar-refractivity contribution in [2.24, 2.45) is 0 Å². The number of fused-ring (bicyclic) bond motifs is 1. The fraction of sp³-hybridized carbons (Fsp3) is 0.125. The number of hydrogen-bond donors (Lipinski definition) is 1. The molecule has 0 radical (unpaired) electrons. The molecule has 0 saturated carbocycles. The van der Waals surface area contributed by atoms with Crippen molar-refractivity contribution in [2.45, 2.75) is 13.8 Å². The molecule has 0 fully saturated rings. The predicted molar refractivity (Wildman–Crippen MR) is 75.2 cm³/mol. The van der Waals surface area contributed by atoms with Gasteiger partial charge in [-0.2, -0.15) is 0 Å². The normalized spacial score (nSPS) is 13.8. The third-order valence-electron chi connectivity index (χ3n) is 3.49. The Bertz CT molecular complexity index is 749. The Kier molecular flexibility index (Phi) is 2.61. The van der Waals surface area contributed by atoms with Gasteiger partial charge in [-0.1, -0.05) is 17.7 Å². The molecule has 0 unspecified atom stereocenters. The number of aryl methyl sites for hydroxylation is 2. The van der Waals surface area contributed by atoms with Gasteiger partial charge in [-0.15, -0.1) is 0 Å². The van der Waals surface area contributed by atoms with Crippen molar-refractivity contribution in [3.05, 3.63) is 58.7 Å². The van der Waals surface area contributed by atoms with Crippen LogP contribution >= 0.6 is 0 Å². The highest BCUT2D eigenvalue weighted by atomic mass is 16.3. The summed E-state index contributed by atoms with van der Waals surface area (Å²) in [7, 11) is 0. The molecule has 2 amide bonds. The number of carbonyl (C=O) groups excluding carboxylic acids is 2. The van der Waals surface area contributed by atoms with Crippen LogP contribution < -0.4 is 4.90 Å². The van der Waals surface area contributed by atoms with E-state index in [-0.39, 0.29) is 17.6 Å². The third-order valence-corrected chi connectivity index (χ3v) is 3.49. The number of phenolic OH excluding ortho intramolecular Hbond substituents is 1. The van der Waals surface area contributed by atoms with E-state index in [1.807, 2.05) is 6.92 Å². The average molecular weight is 267 g/mol. The van der Waals surface area contributed by atoms with Crippen LogP contribution in [0, 0.1) is 13.8 Å². The molecular formula is C16H13NO3. The van der Waals surface area contributed by atoms with E-state index >= 15 is 0 Å². The van der Waals surface area contributed by atoms with Crippen LogP contribution in [0.1, 0.15) is 31.8 Å². The van der Waals surface area contributed by atoms with E-state index in [1.165, 1.54) is 6.07 Å². The summed E-state index contributed by atoms with van der Waals surface area (Å²) >= 11 is 0. The lowest BCUT2D eigenvalue weighted by Crippen LogP contribution is -2.29. The first-order valence-corrected chi connectivity index (χ1v) is 6.28. The highest BCUT2D eigenvalue weighted by Gasteiger charge is 2.36. The van der Waals surface area contributed by atoms with Gasteiger partial charge in [-0.05, 0) is 37.6 Å². The average Bonchev–Trinajstić information content (AvgIpc) is 2.65. The number of rotatable bonds is 1. The second-order valence-corrected chi connectivity index (χ2v) is 4.97. The summed E-state index contributed by atoms with van der Waals surface area (Å²) in [4.78, 5) is 25.8. The largest absolute Gasteiger partial charge is 0.508 e. The van der Waals surface area contributed by atoms with E-state index in [2.05, 4.69) is 0 Å². The van der Waals surface area contributed by atoms with Gasteiger partial charge in [-0.25, -0.2) is 4.90 Å². The maximum Gasteiger partial charge on any atom is 0.266 e. The summed E-state index contributed by atoms with van der Waals surface area (Å²) < 4.78 is 0. The molecule has 2 aromatic rings. The Morgan fingerprint density at radius 2 is 1.60 bits per heavy atom. The molecule has 20 heavy (non-hydrogen) atoms. The number of aromatic hydroxyl groups is 1. The van der Waals surface area contributed by atoms with E-state index in [0.717, 1.165) is 10.5 Å². The summed E-state index contributed by atoms with van der Waals surface area (Å²) in [6.07, 6.45) is 0. The number of anilines is 1. The molecule has 0 bridgehead atoms. The minimum atomic E-state index is -0.353. The molecule has 3 rings (SSSR count). The topological polar surface area (TPSA) is 57.6 Å². The molecule has 0 spiro atoms. The van der Waals surface area contributed by atoms with Gasteiger partial charge in [0.1, 0.15) is 5.75 Å². The minimum Gasteiger partial charge on any atom is -0.508 e. The second kappa shape index (κ2) is 4.20. The first-order chi connectivity index (χ1) is 9.49. The maximum atomic E-state index is 12.4. The molecule has 2 aromatic carbocycles. The maximum absolute atomic E-state index is 12.4. The van der Waals surface area contributed by atoms with Gasteiger partial charge in [-0.3, -0.25) is 9.59 Å². The smallest absolute Gasteiger partial charge is 0.266 e. The van der Waals surface area contributed by atoms with E-state index < -0.39 is 0 Å². The molecule has 100 valence electrons. The summed E-state index contributed by atoms with van der Waals surface area (Å²) in [6, 6.07) is 9.95. The number of carbonyl (C=O) groups is 2. The van der Waals surface area contributed by atoms with Gasteiger partial charge in [0.2, 0.25) is 0 Å². The monoisotopic (exact) mass is 267 g/mol. The molecule has 0 aromatic heterocycles. The number of benzene rings is 2. The van der Waals surface area contributed by atoms with Gasteiger partial charge in [0.25, 0.3) is 11.8 Å². The van der Waals surface area contributed by atoms with Crippen molar-refractivity contribution < 1.29 is 14.7 Å². The summed E-state index contributed by atoms with van der Waals surface area (Å²) in [6.45, 7) is 3.63. The number of phenols is 1. The fourth-order valence-corrected chi connectivity index (χ4v) is 2.33. The van der Waals surface area contributed by atoms with E-state index in [4.69, 9.17) is 0 Å². The van der Waals surface area contributed by atoms with Gasteiger partial charge < -0.3 is 5.11 Å². The molecule has 1 aliphatic rings.